The van der Waals surface area contributed by atoms with Gasteiger partial charge in [0.2, 0.25) is 0 Å². The molecule has 6 nitrogen and oxygen atoms in total. The molecule has 2 aliphatic rings. The van der Waals surface area contributed by atoms with Crippen molar-refractivity contribution >= 4 is 46.0 Å². The van der Waals surface area contributed by atoms with E-state index in [-0.39, 0.29) is 11.8 Å². The highest BCUT2D eigenvalue weighted by atomic mass is 16.2. The minimum atomic E-state index is -0.145. The van der Waals surface area contributed by atoms with Crippen LogP contribution in [0.25, 0.3) is 0 Å². The van der Waals surface area contributed by atoms with Crippen molar-refractivity contribution in [3.63, 3.8) is 0 Å². The Morgan fingerprint density at radius 2 is 0.857 bits per heavy atom. The van der Waals surface area contributed by atoms with E-state index in [1.54, 1.807) is 9.80 Å². The first-order valence-electron chi connectivity index (χ1n) is 13.8. The molecule has 0 unspecified atom stereocenters. The highest BCUT2D eigenvalue weighted by molar-refractivity contribution is 6.55. The summed E-state index contributed by atoms with van der Waals surface area (Å²) in [6.45, 7) is 0.925. The van der Waals surface area contributed by atoms with E-state index in [2.05, 4.69) is 0 Å². The fourth-order valence-electron chi connectivity index (χ4n) is 5.48. The third kappa shape index (κ3) is 4.69. The van der Waals surface area contributed by atoms with Gasteiger partial charge in [-0.2, -0.15) is 0 Å². The van der Waals surface area contributed by atoms with Crippen molar-refractivity contribution in [3.8, 4) is 0 Å². The van der Waals surface area contributed by atoms with E-state index in [9.17, 15) is 9.59 Å². The van der Waals surface area contributed by atoms with Crippen LogP contribution in [0.15, 0.2) is 143 Å². The zero-order chi connectivity index (χ0) is 28.5. The van der Waals surface area contributed by atoms with Crippen LogP contribution in [0.4, 0.5) is 22.7 Å². The van der Waals surface area contributed by atoms with Crippen LogP contribution < -0.4 is 9.80 Å². The number of hydrogen-bond donors (Lipinski definition) is 0. The normalized spacial score (nSPS) is 15.9. The average Bonchev–Trinajstić information content (AvgIpc) is 3.44. The van der Waals surface area contributed by atoms with Gasteiger partial charge in [-0.1, -0.05) is 103 Å². The molecule has 42 heavy (non-hydrogen) atoms. The van der Waals surface area contributed by atoms with Crippen LogP contribution in [0.1, 0.15) is 22.3 Å². The lowest BCUT2D eigenvalue weighted by Crippen LogP contribution is -2.29. The van der Waals surface area contributed by atoms with Crippen LogP contribution in [0, 0.1) is 0 Å². The van der Waals surface area contributed by atoms with E-state index < -0.39 is 0 Å². The Kier molecular flexibility index (Phi) is 6.49. The molecule has 2 aliphatic heterocycles. The first-order chi connectivity index (χ1) is 20.7. The highest BCUT2D eigenvalue weighted by Gasteiger charge is 2.35. The minimum Gasteiger partial charge on any atom is -0.302 e. The smallest absolute Gasteiger partial charge is 0.277 e. The van der Waals surface area contributed by atoms with Crippen LogP contribution >= 0.6 is 0 Å². The number of amides is 2. The van der Waals surface area contributed by atoms with Crippen molar-refractivity contribution in [2.75, 3.05) is 9.80 Å². The maximum absolute atomic E-state index is 13.6. The summed E-state index contributed by atoms with van der Waals surface area (Å²) >= 11 is 0. The Morgan fingerprint density at radius 3 is 1.31 bits per heavy atom. The van der Waals surface area contributed by atoms with Gasteiger partial charge in [0.25, 0.3) is 11.8 Å². The lowest BCUT2D eigenvalue weighted by atomic mass is 10.1. The second-order valence-electron chi connectivity index (χ2n) is 10.2. The van der Waals surface area contributed by atoms with Gasteiger partial charge in [0.05, 0.1) is 35.8 Å². The molecule has 0 aliphatic carbocycles. The molecule has 2 amide bonds. The molecule has 202 valence electrons. The molecular weight excluding hydrogens is 520 g/mol. The van der Waals surface area contributed by atoms with E-state index in [1.807, 2.05) is 133 Å². The molecule has 0 saturated carbocycles. The summed E-state index contributed by atoms with van der Waals surface area (Å²) in [4.78, 5) is 40.4. The van der Waals surface area contributed by atoms with Crippen molar-refractivity contribution in [1.29, 1.82) is 0 Å². The van der Waals surface area contributed by atoms with Crippen LogP contribution in [-0.2, 0) is 22.7 Å². The molecule has 0 fully saturated rings. The molecule has 7 rings (SSSR count). The van der Waals surface area contributed by atoms with Crippen LogP contribution in [0.5, 0.6) is 0 Å². The van der Waals surface area contributed by atoms with Gasteiger partial charge in [-0.3, -0.25) is 9.59 Å². The van der Waals surface area contributed by atoms with Crippen LogP contribution in [-0.4, -0.2) is 23.2 Å². The summed E-state index contributed by atoms with van der Waals surface area (Å²) in [5.74, 6) is -0.290. The standard InChI is InChI=1S/C36H26N4O2/c41-35-33(29-18-7-9-20-31(29)39(35)23-25-12-3-1-4-13-25)37-27-16-11-17-28(22-27)38-34-30-19-8-10-21-32(30)40(36(34)42)24-26-14-5-2-6-15-26/h1-22H,23-24H2. The second kappa shape index (κ2) is 10.7. The third-order valence-electron chi connectivity index (χ3n) is 7.47. The van der Waals surface area contributed by atoms with Crippen molar-refractivity contribution < 1.29 is 9.59 Å². The molecule has 5 aromatic rings. The van der Waals surface area contributed by atoms with Gasteiger partial charge in [-0.15, -0.1) is 0 Å². The number of carbonyl (C=O) groups is 2. The Hall–Kier alpha value is -5.62. The summed E-state index contributed by atoms with van der Waals surface area (Å²) in [5.41, 5.74) is 7.34. The molecule has 0 bridgehead atoms. The number of rotatable bonds is 6. The second-order valence-corrected chi connectivity index (χ2v) is 10.2. The van der Waals surface area contributed by atoms with Crippen molar-refractivity contribution in [1.82, 2.24) is 0 Å². The van der Waals surface area contributed by atoms with Crippen LogP contribution in [0.3, 0.4) is 0 Å². The van der Waals surface area contributed by atoms with Gasteiger partial charge in [0, 0.05) is 11.1 Å². The van der Waals surface area contributed by atoms with Gasteiger partial charge in [0.15, 0.2) is 0 Å². The number of aliphatic imine (C=N–C) groups is 2. The summed E-state index contributed by atoms with van der Waals surface area (Å²) in [7, 11) is 0. The van der Waals surface area contributed by atoms with Gasteiger partial charge >= 0.3 is 0 Å². The van der Waals surface area contributed by atoms with E-state index in [0.717, 1.165) is 33.6 Å². The number of nitrogens with zero attached hydrogens (tertiary/aromatic N) is 4. The molecule has 2 heterocycles. The van der Waals surface area contributed by atoms with E-state index >= 15 is 0 Å². The van der Waals surface area contributed by atoms with Crippen molar-refractivity contribution in [2.45, 2.75) is 13.1 Å². The van der Waals surface area contributed by atoms with E-state index in [1.165, 1.54) is 0 Å². The molecule has 0 saturated heterocycles. The Morgan fingerprint density at radius 1 is 0.452 bits per heavy atom. The number of hydrogen-bond acceptors (Lipinski definition) is 4. The Labute approximate surface area is 243 Å². The molecule has 0 spiro atoms. The van der Waals surface area contributed by atoms with E-state index in [0.29, 0.717) is 35.9 Å². The van der Waals surface area contributed by atoms with Gasteiger partial charge in [-0.25, -0.2) is 9.98 Å². The number of benzene rings is 5. The molecular formula is C36H26N4O2. The van der Waals surface area contributed by atoms with Crippen LogP contribution in [0.2, 0.25) is 0 Å². The lowest BCUT2D eigenvalue weighted by molar-refractivity contribution is -0.113. The first kappa shape index (κ1) is 25.4. The molecule has 6 heteroatoms. The molecule has 0 N–H and O–H groups in total. The number of anilines is 2. The maximum Gasteiger partial charge on any atom is 0.277 e. The maximum atomic E-state index is 13.6. The topological polar surface area (TPSA) is 65.3 Å². The highest BCUT2D eigenvalue weighted by Crippen LogP contribution is 2.35. The Balaban J connectivity index is 1.21. The quantitative estimate of drug-likeness (QED) is 0.230. The average molecular weight is 547 g/mol. The van der Waals surface area contributed by atoms with Gasteiger partial charge in [0.1, 0.15) is 11.4 Å². The Bertz CT molecular complexity index is 1750. The summed E-state index contributed by atoms with van der Waals surface area (Å²) in [6, 6.07) is 42.7. The summed E-state index contributed by atoms with van der Waals surface area (Å²) in [5, 5.41) is 0. The van der Waals surface area contributed by atoms with Crippen molar-refractivity contribution in [2.24, 2.45) is 9.98 Å². The number of para-hydroxylation sites is 2. The SMILES string of the molecule is O=C1C(=Nc2cccc(N=C3C(=O)N(Cc4ccccc4)c4ccccc43)c2)c2ccccc2N1Cc1ccccc1. The minimum absolute atomic E-state index is 0.145. The van der Waals surface area contributed by atoms with E-state index in [4.69, 9.17) is 9.98 Å². The number of fused-ring (bicyclic) bond motifs is 2. The lowest BCUT2D eigenvalue weighted by Gasteiger charge is -2.16. The largest absolute Gasteiger partial charge is 0.302 e. The first-order valence-corrected chi connectivity index (χ1v) is 13.8. The third-order valence-corrected chi connectivity index (χ3v) is 7.47. The number of carbonyl (C=O) groups excluding carboxylic acids is 2. The summed E-state index contributed by atoms with van der Waals surface area (Å²) in [6.07, 6.45) is 0. The van der Waals surface area contributed by atoms with Crippen molar-refractivity contribution in [3.05, 3.63) is 156 Å². The monoisotopic (exact) mass is 546 g/mol. The zero-order valence-electron chi connectivity index (χ0n) is 22.7. The molecule has 0 aromatic heterocycles. The van der Waals surface area contributed by atoms with Gasteiger partial charge in [-0.05, 0) is 41.5 Å². The fraction of sp³-hybridized carbons (Fsp3) is 0.0556. The molecule has 0 radical (unpaired) electrons. The van der Waals surface area contributed by atoms with Gasteiger partial charge < -0.3 is 9.80 Å². The fourth-order valence-corrected chi connectivity index (χ4v) is 5.48. The predicted octanol–water partition coefficient (Wildman–Crippen LogP) is 7.02. The zero-order valence-corrected chi connectivity index (χ0v) is 22.7. The molecule has 0 atom stereocenters. The summed E-state index contributed by atoms with van der Waals surface area (Å²) < 4.78 is 0. The molecule has 5 aromatic carbocycles. The predicted molar refractivity (Wildman–Crippen MR) is 167 cm³/mol.